The highest BCUT2D eigenvalue weighted by Gasteiger charge is 2.27. The first-order valence-electron chi connectivity index (χ1n) is 6.87. The molecule has 1 atom stereocenters. The number of aromatic nitrogens is 2. The van der Waals surface area contributed by atoms with E-state index in [1.165, 1.54) is 0 Å². The predicted octanol–water partition coefficient (Wildman–Crippen LogP) is 1.72. The van der Waals surface area contributed by atoms with Crippen molar-refractivity contribution in [2.45, 2.75) is 13.3 Å². The Hall–Kier alpha value is -1.95. The topological polar surface area (TPSA) is 68.5 Å². The van der Waals surface area contributed by atoms with E-state index in [4.69, 9.17) is 4.74 Å². The third-order valence-corrected chi connectivity index (χ3v) is 3.63. The number of hydrogen-bond acceptors (Lipinski definition) is 5. The van der Waals surface area contributed by atoms with Crippen LogP contribution in [0.1, 0.15) is 23.7 Å². The molecule has 106 valence electrons. The van der Waals surface area contributed by atoms with E-state index in [-0.39, 0.29) is 5.91 Å². The Labute approximate surface area is 116 Å². The third-order valence-electron chi connectivity index (χ3n) is 3.63. The molecule has 1 aliphatic rings. The van der Waals surface area contributed by atoms with Crippen LogP contribution in [0.15, 0.2) is 22.8 Å². The highest BCUT2D eigenvalue weighted by atomic mass is 16.6. The molecule has 1 aromatic carbocycles. The van der Waals surface area contributed by atoms with Crippen molar-refractivity contribution in [3.63, 3.8) is 0 Å². The summed E-state index contributed by atoms with van der Waals surface area (Å²) in [7, 11) is 0. The van der Waals surface area contributed by atoms with Gasteiger partial charge in [0, 0.05) is 31.2 Å². The van der Waals surface area contributed by atoms with E-state index in [1.54, 1.807) is 18.2 Å². The monoisotopic (exact) mass is 275 g/mol. The van der Waals surface area contributed by atoms with Gasteiger partial charge in [0.25, 0.3) is 5.91 Å². The zero-order valence-corrected chi connectivity index (χ0v) is 11.4. The van der Waals surface area contributed by atoms with Gasteiger partial charge in [0.15, 0.2) is 0 Å². The molecule has 0 bridgehead atoms. The number of likely N-dealkylation sites (tertiary alicyclic amines) is 1. The second-order valence-corrected chi connectivity index (χ2v) is 5.03. The highest BCUT2D eigenvalue weighted by molar-refractivity contribution is 5.97. The lowest BCUT2D eigenvalue weighted by Gasteiger charge is -2.16. The Morgan fingerprint density at radius 3 is 3.15 bits per heavy atom. The first kappa shape index (κ1) is 13.1. The van der Waals surface area contributed by atoms with Crippen molar-refractivity contribution in [1.29, 1.82) is 0 Å². The highest BCUT2D eigenvalue weighted by Crippen LogP contribution is 2.20. The molecule has 1 saturated heterocycles. The molecule has 2 heterocycles. The molecule has 1 aliphatic heterocycles. The first-order chi connectivity index (χ1) is 9.78. The summed E-state index contributed by atoms with van der Waals surface area (Å²) in [5, 5.41) is 7.50. The van der Waals surface area contributed by atoms with Crippen molar-refractivity contribution < 1.29 is 14.2 Å². The summed E-state index contributed by atoms with van der Waals surface area (Å²) in [6, 6.07) is 5.25. The molecule has 0 radical (unpaired) electrons. The molecular formula is C14H17N3O3. The number of ether oxygens (including phenoxy) is 1. The van der Waals surface area contributed by atoms with Gasteiger partial charge in [-0.3, -0.25) is 4.79 Å². The Morgan fingerprint density at radius 1 is 1.45 bits per heavy atom. The standard InChI is InChI=1S/C14H17N3O3/c1-2-19-9-10-5-6-17(8-10)14(18)11-3-4-12-13(7-11)16-20-15-12/h3-4,7,10H,2,5-6,8-9H2,1H3/t10-/m1/s1. The van der Waals surface area contributed by atoms with Crippen molar-refractivity contribution >= 4 is 16.9 Å². The fourth-order valence-corrected chi connectivity index (χ4v) is 2.54. The predicted molar refractivity (Wildman–Crippen MR) is 72.3 cm³/mol. The molecule has 20 heavy (non-hydrogen) atoms. The smallest absolute Gasteiger partial charge is 0.253 e. The van der Waals surface area contributed by atoms with Crippen LogP contribution in [0.3, 0.4) is 0 Å². The van der Waals surface area contributed by atoms with Gasteiger partial charge >= 0.3 is 0 Å². The van der Waals surface area contributed by atoms with Gasteiger partial charge in [-0.15, -0.1) is 0 Å². The number of nitrogens with zero attached hydrogens (tertiary/aromatic N) is 3. The summed E-state index contributed by atoms with van der Waals surface area (Å²) in [5.74, 6) is 0.477. The molecule has 0 spiro atoms. The second-order valence-electron chi connectivity index (χ2n) is 5.03. The van der Waals surface area contributed by atoms with E-state index >= 15 is 0 Å². The van der Waals surface area contributed by atoms with E-state index < -0.39 is 0 Å². The van der Waals surface area contributed by atoms with Crippen LogP contribution >= 0.6 is 0 Å². The van der Waals surface area contributed by atoms with Crippen LogP contribution in [0.5, 0.6) is 0 Å². The third kappa shape index (κ3) is 2.51. The van der Waals surface area contributed by atoms with Gasteiger partial charge in [-0.05, 0) is 41.9 Å². The van der Waals surface area contributed by atoms with Gasteiger partial charge in [0.2, 0.25) is 0 Å². The van der Waals surface area contributed by atoms with Gasteiger partial charge < -0.3 is 9.64 Å². The lowest BCUT2D eigenvalue weighted by Crippen LogP contribution is -2.29. The summed E-state index contributed by atoms with van der Waals surface area (Å²) < 4.78 is 10.1. The molecule has 0 unspecified atom stereocenters. The van der Waals surface area contributed by atoms with Gasteiger partial charge in [-0.2, -0.15) is 0 Å². The number of fused-ring (bicyclic) bond motifs is 1. The van der Waals surface area contributed by atoms with Crippen molar-refractivity contribution in [3.8, 4) is 0 Å². The zero-order valence-electron chi connectivity index (χ0n) is 11.4. The van der Waals surface area contributed by atoms with Crippen LogP contribution in [0.4, 0.5) is 0 Å². The molecule has 3 rings (SSSR count). The largest absolute Gasteiger partial charge is 0.381 e. The van der Waals surface area contributed by atoms with Crippen molar-refractivity contribution in [2.24, 2.45) is 5.92 Å². The van der Waals surface area contributed by atoms with Gasteiger partial charge in [0.1, 0.15) is 11.0 Å². The van der Waals surface area contributed by atoms with Crippen LogP contribution in [0, 0.1) is 5.92 Å². The Bertz CT molecular complexity index is 610. The van der Waals surface area contributed by atoms with Crippen molar-refractivity contribution in [2.75, 3.05) is 26.3 Å². The van der Waals surface area contributed by atoms with Crippen LogP contribution < -0.4 is 0 Å². The summed E-state index contributed by atoms with van der Waals surface area (Å²) in [6.45, 7) is 4.98. The summed E-state index contributed by atoms with van der Waals surface area (Å²) >= 11 is 0. The van der Waals surface area contributed by atoms with Crippen LogP contribution in [0.2, 0.25) is 0 Å². The molecule has 0 N–H and O–H groups in total. The van der Waals surface area contributed by atoms with Gasteiger partial charge in [0.05, 0.1) is 6.61 Å². The summed E-state index contributed by atoms with van der Waals surface area (Å²) in [5.41, 5.74) is 1.91. The van der Waals surface area contributed by atoms with Crippen LogP contribution in [-0.2, 0) is 4.74 Å². The molecule has 6 heteroatoms. The van der Waals surface area contributed by atoms with E-state index in [9.17, 15) is 4.79 Å². The van der Waals surface area contributed by atoms with E-state index in [1.807, 2.05) is 11.8 Å². The molecule has 1 fully saturated rings. The van der Waals surface area contributed by atoms with E-state index in [2.05, 4.69) is 14.9 Å². The summed E-state index contributed by atoms with van der Waals surface area (Å²) in [6.07, 6.45) is 1.000. The maximum Gasteiger partial charge on any atom is 0.253 e. The number of amides is 1. The minimum atomic E-state index is 0.0360. The molecule has 1 amide bonds. The molecule has 0 saturated carbocycles. The number of carbonyl (C=O) groups is 1. The fourth-order valence-electron chi connectivity index (χ4n) is 2.54. The molecule has 2 aromatic rings. The molecule has 0 aliphatic carbocycles. The summed E-state index contributed by atoms with van der Waals surface area (Å²) in [4.78, 5) is 14.3. The lowest BCUT2D eigenvalue weighted by atomic mass is 10.1. The van der Waals surface area contributed by atoms with Gasteiger partial charge in [-0.1, -0.05) is 0 Å². The minimum Gasteiger partial charge on any atom is -0.381 e. The number of benzene rings is 1. The Kier molecular flexibility index (Phi) is 3.64. The minimum absolute atomic E-state index is 0.0360. The number of hydrogen-bond donors (Lipinski definition) is 0. The quantitative estimate of drug-likeness (QED) is 0.849. The number of carbonyl (C=O) groups excluding carboxylic acids is 1. The average molecular weight is 275 g/mol. The van der Waals surface area contributed by atoms with E-state index in [0.717, 1.165) is 32.7 Å². The van der Waals surface area contributed by atoms with Crippen molar-refractivity contribution in [3.05, 3.63) is 23.8 Å². The van der Waals surface area contributed by atoms with Crippen LogP contribution in [0.25, 0.3) is 11.0 Å². The normalized spacial score (nSPS) is 18.9. The van der Waals surface area contributed by atoms with Gasteiger partial charge in [-0.25, -0.2) is 4.63 Å². The maximum absolute atomic E-state index is 12.4. The first-order valence-corrected chi connectivity index (χ1v) is 6.87. The van der Waals surface area contributed by atoms with E-state index in [0.29, 0.717) is 22.5 Å². The molecule has 6 nitrogen and oxygen atoms in total. The van der Waals surface area contributed by atoms with Crippen LogP contribution in [-0.4, -0.2) is 47.4 Å². The van der Waals surface area contributed by atoms with Crippen molar-refractivity contribution in [1.82, 2.24) is 15.2 Å². The molecule has 1 aromatic heterocycles. The SMILES string of the molecule is CCOC[C@@H]1CCN(C(=O)c2ccc3nonc3c2)C1. The molecular weight excluding hydrogens is 258 g/mol. The fraction of sp³-hybridized carbons (Fsp3) is 0.500. The Morgan fingerprint density at radius 2 is 2.30 bits per heavy atom. The zero-order chi connectivity index (χ0) is 13.9. The average Bonchev–Trinajstić information content (AvgIpc) is 3.12. The Balaban J connectivity index is 1.69. The number of rotatable bonds is 4. The maximum atomic E-state index is 12.4. The lowest BCUT2D eigenvalue weighted by molar-refractivity contribution is 0.0763. The second kappa shape index (κ2) is 5.58.